The first-order chi connectivity index (χ1) is 6.41. The van der Waals surface area contributed by atoms with Crippen LogP contribution in [0.2, 0.25) is 0 Å². The molecule has 0 aromatic carbocycles. The molecule has 1 heteroatoms. The highest BCUT2D eigenvalue weighted by Gasteiger charge is 2.44. The molecule has 0 aliphatic carbocycles. The first kappa shape index (κ1) is 10.1. The van der Waals surface area contributed by atoms with Crippen molar-refractivity contribution in [1.29, 1.82) is 0 Å². The van der Waals surface area contributed by atoms with Gasteiger partial charge in [-0.05, 0) is 44.2 Å². The van der Waals surface area contributed by atoms with E-state index in [1.807, 2.05) is 0 Å². The summed E-state index contributed by atoms with van der Waals surface area (Å²) >= 11 is 0. The molecule has 1 fully saturated rings. The fourth-order valence-electron chi connectivity index (χ4n) is 3.42. The number of hydrogen-bond donors (Lipinski definition) is 0. The Morgan fingerprint density at radius 2 is 2.14 bits per heavy atom. The fraction of sp³-hybridized carbons (Fsp3) is 0.846. The molecule has 0 saturated carbocycles. The zero-order valence-electron chi connectivity index (χ0n) is 10.1. The van der Waals surface area contributed by atoms with Crippen LogP contribution >= 0.6 is 0 Å². The summed E-state index contributed by atoms with van der Waals surface area (Å²) in [6.45, 7) is 10.7. The number of hydrogen-bond acceptors (Lipinski definition) is 1. The molecule has 0 amide bonds. The van der Waals surface area contributed by atoms with Crippen LogP contribution in [-0.4, -0.2) is 17.0 Å². The zero-order valence-corrected chi connectivity index (χ0v) is 10.1. The summed E-state index contributed by atoms with van der Waals surface area (Å²) in [5.41, 5.74) is 2.54. The minimum atomic E-state index is 0.459. The SMILES string of the molecule is CC1=CN2CCCC2(CC(C)(C)C)C1. The van der Waals surface area contributed by atoms with E-state index in [2.05, 4.69) is 38.8 Å². The van der Waals surface area contributed by atoms with E-state index in [9.17, 15) is 0 Å². The molecular weight excluding hydrogens is 170 g/mol. The summed E-state index contributed by atoms with van der Waals surface area (Å²) in [5.74, 6) is 0. The summed E-state index contributed by atoms with van der Waals surface area (Å²) in [6.07, 6.45) is 7.84. The van der Waals surface area contributed by atoms with Crippen LogP contribution in [0.4, 0.5) is 0 Å². The average Bonchev–Trinajstić information content (AvgIpc) is 2.38. The molecule has 1 atom stereocenters. The van der Waals surface area contributed by atoms with E-state index < -0.39 is 0 Å². The molecule has 0 bridgehead atoms. The largest absolute Gasteiger partial charge is 0.371 e. The Balaban J connectivity index is 2.16. The third-order valence-electron chi connectivity index (χ3n) is 3.49. The third-order valence-corrected chi connectivity index (χ3v) is 3.49. The van der Waals surface area contributed by atoms with Crippen molar-refractivity contribution in [3.8, 4) is 0 Å². The first-order valence-corrected chi connectivity index (χ1v) is 5.85. The Labute approximate surface area is 88.2 Å². The van der Waals surface area contributed by atoms with Crippen LogP contribution in [0.15, 0.2) is 11.8 Å². The van der Waals surface area contributed by atoms with Gasteiger partial charge in [0.05, 0.1) is 0 Å². The molecule has 0 spiro atoms. The van der Waals surface area contributed by atoms with E-state index in [4.69, 9.17) is 0 Å². The molecule has 2 aliphatic heterocycles. The summed E-state index contributed by atoms with van der Waals surface area (Å²) in [5, 5.41) is 0. The van der Waals surface area contributed by atoms with Gasteiger partial charge in [-0.3, -0.25) is 0 Å². The van der Waals surface area contributed by atoms with Gasteiger partial charge >= 0.3 is 0 Å². The van der Waals surface area contributed by atoms with E-state index in [1.54, 1.807) is 5.57 Å². The highest BCUT2D eigenvalue weighted by molar-refractivity contribution is 5.19. The molecular formula is C13H23N. The van der Waals surface area contributed by atoms with Gasteiger partial charge in [0.25, 0.3) is 0 Å². The summed E-state index contributed by atoms with van der Waals surface area (Å²) in [4.78, 5) is 2.62. The standard InChI is InChI=1S/C13H23N/c1-11-8-13(10-12(2,3)4)6-5-7-14(13)9-11/h9H,5-8,10H2,1-4H3. The lowest BCUT2D eigenvalue weighted by Crippen LogP contribution is -2.40. The van der Waals surface area contributed by atoms with E-state index in [0.717, 1.165) is 0 Å². The van der Waals surface area contributed by atoms with Gasteiger partial charge in [-0.15, -0.1) is 0 Å². The molecule has 1 unspecified atom stereocenters. The Kier molecular flexibility index (Phi) is 2.17. The molecule has 2 aliphatic rings. The van der Waals surface area contributed by atoms with E-state index in [-0.39, 0.29) is 0 Å². The van der Waals surface area contributed by atoms with Gasteiger partial charge in [0, 0.05) is 12.1 Å². The molecule has 14 heavy (non-hydrogen) atoms. The second-order valence-corrected chi connectivity index (χ2v) is 6.41. The van der Waals surface area contributed by atoms with Crippen molar-refractivity contribution in [2.45, 2.75) is 58.9 Å². The summed E-state index contributed by atoms with van der Waals surface area (Å²) in [6, 6.07) is 0. The molecule has 0 radical (unpaired) electrons. The molecule has 0 N–H and O–H groups in total. The monoisotopic (exact) mass is 193 g/mol. The Hall–Kier alpha value is -0.460. The summed E-state index contributed by atoms with van der Waals surface area (Å²) < 4.78 is 0. The van der Waals surface area contributed by atoms with Crippen LogP contribution in [-0.2, 0) is 0 Å². The van der Waals surface area contributed by atoms with Gasteiger partial charge in [-0.2, -0.15) is 0 Å². The van der Waals surface area contributed by atoms with E-state index in [1.165, 1.54) is 32.2 Å². The lowest BCUT2D eigenvalue weighted by Gasteiger charge is -2.38. The highest BCUT2D eigenvalue weighted by Crippen LogP contribution is 2.46. The van der Waals surface area contributed by atoms with Crippen molar-refractivity contribution in [3.05, 3.63) is 11.8 Å². The molecule has 2 heterocycles. The number of nitrogens with zero attached hydrogens (tertiary/aromatic N) is 1. The van der Waals surface area contributed by atoms with Crippen molar-refractivity contribution in [1.82, 2.24) is 4.90 Å². The molecule has 0 aromatic heterocycles. The van der Waals surface area contributed by atoms with Crippen LogP contribution in [0, 0.1) is 5.41 Å². The molecule has 80 valence electrons. The zero-order chi connectivity index (χ0) is 10.4. The molecule has 2 rings (SSSR count). The second-order valence-electron chi connectivity index (χ2n) is 6.41. The van der Waals surface area contributed by atoms with Crippen molar-refractivity contribution >= 4 is 0 Å². The quantitative estimate of drug-likeness (QED) is 0.615. The van der Waals surface area contributed by atoms with Gasteiger partial charge in [-0.25, -0.2) is 0 Å². The minimum Gasteiger partial charge on any atom is -0.371 e. The van der Waals surface area contributed by atoms with Gasteiger partial charge in [0.1, 0.15) is 0 Å². The number of fused-ring (bicyclic) bond motifs is 1. The molecule has 1 saturated heterocycles. The highest BCUT2D eigenvalue weighted by atomic mass is 15.2. The van der Waals surface area contributed by atoms with Crippen molar-refractivity contribution in [2.75, 3.05) is 6.54 Å². The number of rotatable bonds is 1. The normalized spacial score (nSPS) is 32.0. The predicted molar refractivity (Wildman–Crippen MR) is 61.1 cm³/mol. The lowest BCUT2D eigenvalue weighted by atomic mass is 9.76. The molecule has 1 nitrogen and oxygen atoms in total. The maximum Gasteiger partial charge on any atom is 0.0440 e. The van der Waals surface area contributed by atoms with Crippen molar-refractivity contribution in [2.24, 2.45) is 5.41 Å². The van der Waals surface area contributed by atoms with E-state index in [0.29, 0.717) is 11.0 Å². The van der Waals surface area contributed by atoms with E-state index >= 15 is 0 Å². The smallest absolute Gasteiger partial charge is 0.0440 e. The van der Waals surface area contributed by atoms with Crippen LogP contribution in [0.3, 0.4) is 0 Å². The average molecular weight is 193 g/mol. The lowest BCUT2D eigenvalue weighted by molar-refractivity contribution is 0.147. The topological polar surface area (TPSA) is 3.24 Å². The third kappa shape index (κ3) is 1.69. The van der Waals surface area contributed by atoms with Gasteiger partial charge in [0.15, 0.2) is 0 Å². The van der Waals surface area contributed by atoms with Gasteiger partial charge < -0.3 is 4.90 Å². The van der Waals surface area contributed by atoms with Crippen LogP contribution in [0.25, 0.3) is 0 Å². The van der Waals surface area contributed by atoms with Gasteiger partial charge in [-0.1, -0.05) is 26.3 Å². The maximum absolute atomic E-state index is 2.62. The second kappa shape index (κ2) is 3.01. The Morgan fingerprint density at radius 3 is 2.79 bits per heavy atom. The summed E-state index contributed by atoms with van der Waals surface area (Å²) in [7, 11) is 0. The minimum absolute atomic E-state index is 0.459. The van der Waals surface area contributed by atoms with Crippen LogP contribution < -0.4 is 0 Å². The fourth-order valence-corrected chi connectivity index (χ4v) is 3.42. The predicted octanol–water partition coefficient (Wildman–Crippen LogP) is 3.56. The van der Waals surface area contributed by atoms with Gasteiger partial charge in [0.2, 0.25) is 0 Å². The van der Waals surface area contributed by atoms with Crippen LogP contribution in [0.1, 0.15) is 53.4 Å². The van der Waals surface area contributed by atoms with Crippen molar-refractivity contribution in [3.63, 3.8) is 0 Å². The Morgan fingerprint density at radius 1 is 1.43 bits per heavy atom. The maximum atomic E-state index is 2.62. The van der Waals surface area contributed by atoms with Crippen LogP contribution in [0.5, 0.6) is 0 Å². The molecule has 0 aromatic rings. The first-order valence-electron chi connectivity index (χ1n) is 5.85. The Bertz CT molecular complexity index is 259. The van der Waals surface area contributed by atoms with Crippen molar-refractivity contribution < 1.29 is 0 Å².